The van der Waals surface area contributed by atoms with Crippen LogP contribution in [0.2, 0.25) is 0 Å². The fourth-order valence-corrected chi connectivity index (χ4v) is 3.92. The van der Waals surface area contributed by atoms with Crippen LogP contribution < -0.4 is 10.6 Å². The fraction of sp³-hybridized carbons (Fsp3) is 0.542. The zero-order chi connectivity index (χ0) is 21.9. The molecule has 1 saturated heterocycles. The highest BCUT2D eigenvalue weighted by Crippen LogP contribution is 2.18. The Morgan fingerprint density at radius 2 is 2.00 bits per heavy atom. The zero-order valence-corrected chi connectivity index (χ0v) is 21.6. The summed E-state index contributed by atoms with van der Waals surface area (Å²) in [6.07, 6.45) is 7.54. The first-order chi connectivity index (χ1) is 15.2. The van der Waals surface area contributed by atoms with Gasteiger partial charge in [-0.05, 0) is 38.7 Å². The fourth-order valence-electron chi connectivity index (χ4n) is 3.92. The van der Waals surface area contributed by atoms with Crippen molar-refractivity contribution in [2.75, 3.05) is 32.7 Å². The first-order valence-corrected chi connectivity index (χ1v) is 11.5. The lowest BCUT2D eigenvalue weighted by Gasteiger charge is -2.16. The number of hydrogen-bond donors (Lipinski definition) is 2. The van der Waals surface area contributed by atoms with Crippen LogP contribution in [-0.2, 0) is 17.8 Å². The van der Waals surface area contributed by atoms with Gasteiger partial charge in [0, 0.05) is 64.0 Å². The Morgan fingerprint density at radius 3 is 2.72 bits per heavy atom. The van der Waals surface area contributed by atoms with E-state index in [1.165, 1.54) is 5.56 Å². The van der Waals surface area contributed by atoms with Crippen molar-refractivity contribution < 1.29 is 4.79 Å². The summed E-state index contributed by atoms with van der Waals surface area (Å²) >= 11 is 0. The maximum atomic E-state index is 12.4. The molecule has 7 nitrogen and oxygen atoms in total. The number of benzene rings is 1. The lowest BCUT2D eigenvalue weighted by Crippen LogP contribution is -2.38. The van der Waals surface area contributed by atoms with Gasteiger partial charge in [-0.15, -0.1) is 24.0 Å². The van der Waals surface area contributed by atoms with Gasteiger partial charge in [0.15, 0.2) is 5.96 Å². The predicted octanol–water partition coefficient (Wildman–Crippen LogP) is 3.24. The summed E-state index contributed by atoms with van der Waals surface area (Å²) in [5.74, 6) is 2.45. The Balaban J connectivity index is 0.00000363. The molecule has 0 spiro atoms. The van der Waals surface area contributed by atoms with E-state index in [1.54, 1.807) is 0 Å². The van der Waals surface area contributed by atoms with Gasteiger partial charge in [-0.25, -0.2) is 4.98 Å². The molecule has 2 heterocycles. The van der Waals surface area contributed by atoms with Crippen LogP contribution in [0.4, 0.5) is 0 Å². The van der Waals surface area contributed by atoms with E-state index in [9.17, 15) is 4.79 Å². The summed E-state index contributed by atoms with van der Waals surface area (Å²) < 4.78 is 2.18. The summed E-state index contributed by atoms with van der Waals surface area (Å²) in [6, 6.07) is 10.4. The molecule has 1 aliphatic rings. The smallest absolute Gasteiger partial charge is 0.223 e. The van der Waals surface area contributed by atoms with Crippen molar-refractivity contribution in [1.29, 1.82) is 0 Å². The number of carbonyl (C=O) groups is 1. The molecule has 0 saturated carbocycles. The Kier molecular flexibility index (Phi) is 11.5. The minimum absolute atomic E-state index is 0. The van der Waals surface area contributed by atoms with E-state index >= 15 is 0 Å². The number of halogens is 1. The minimum Gasteiger partial charge on any atom is -0.357 e. The first kappa shape index (κ1) is 26.2. The van der Waals surface area contributed by atoms with Crippen molar-refractivity contribution in [3.05, 3.63) is 54.1 Å². The standard InChI is InChI=1S/C24H36N6O.HI/c1-3-25-24(27-12-7-8-14-29-16-13-26-20(29)2)28-18-22-17-23(31)30(19-22)15-11-21-9-5-4-6-10-21;/h4-6,9-10,13,16,22H,3,7-8,11-12,14-15,17-19H2,1-2H3,(H2,25,27,28);1H. The topological polar surface area (TPSA) is 74.6 Å². The van der Waals surface area contributed by atoms with Gasteiger partial charge in [-0.1, -0.05) is 30.3 Å². The molecule has 8 heteroatoms. The minimum atomic E-state index is 0. The van der Waals surface area contributed by atoms with Gasteiger partial charge in [0.2, 0.25) is 5.91 Å². The predicted molar refractivity (Wildman–Crippen MR) is 140 cm³/mol. The van der Waals surface area contributed by atoms with Gasteiger partial charge in [0.25, 0.3) is 0 Å². The van der Waals surface area contributed by atoms with Crippen molar-refractivity contribution >= 4 is 35.8 Å². The first-order valence-electron chi connectivity index (χ1n) is 11.5. The van der Waals surface area contributed by atoms with E-state index in [2.05, 4.69) is 39.2 Å². The van der Waals surface area contributed by atoms with Crippen LogP contribution >= 0.6 is 24.0 Å². The maximum absolute atomic E-state index is 12.4. The molecule has 2 aromatic rings. The van der Waals surface area contributed by atoms with Crippen molar-refractivity contribution in [1.82, 2.24) is 25.1 Å². The Morgan fingerprint density at radius 1 is 1.19 bits per heavy atom. The van der Waals surface area contributed by atoms with E-state index in [0.29, 0.717) is 18.9 Å². The normalized spacial score (nSPS) is 16.2. The number of guanidine groups is 1. The molecule has 1 unspecified atom stereocenters. The quantitative estimate of drug-likeness (QED) is 0.194. The molecular formula is C24H37IN6O. The van der Waals surface area contributed by atoms with Crippen LogP contribution in [0, 0.1) is 12.8 Å². The number of aromatic nitrogens is 2. The van der Waals surface area contributed by atoms with E-state index in [-0.39, 0.29) is 29.9 Å². The molecule has 1 aromatic heterocycles. The number of hydrogen-bond acceptors (Lipinski definition) is 3. The van der Waals surface area contributed by atoms with Crippen LogP contribution in [0.15, 0.2) is 47.7 Å². The lowest BCUT2D eigenvalue weighted by molar-refractivity contribution is -0.127. The Hall–Kier alpha value is -2.10. The van der Waals surface area contributed by atoms with Crippen molar-refractivity contribution in [3.8, 4) is 0 Å². The van der Waals surface area contributed by atoms with Crippen molar-refractivity contribution in [3.63, 3.8) is 0 Å². The number of unbranched alkanes of at least 4 members (excludes halogenated alkanes) is 1. The van der Waals surface area contributed by atoms with Gasteiger partial charge in [0.05, 0.1) is 0 Å². The summed E-state index contributed by atoms with van der Waals surface area (Å²) in [5.41, 5.74) is 1.28. The highest BCUT2D eigenvalue weighted by atomic mass is 127. The molecule has 1 fully saturated rings. The molecule has 176 valence electrons. The number of carbonyl (C=O) groups excluding carboxylic acids is 1. The Bertz CT molecular complexity index is 838. The van der Waals surface area contributed by atoms with Crippen LogP contribution in [0.5, 0.6) is 0 Å². The Labute approximate surface area is 209 Å². The maximum Gasteiger partial charge on any atom is 0.223 e. The molecule has 1 aromatic carbocycles. The third-order valence-electron chi connectivity index (χ3n) is 5.70. The number of imidazole rings is 1. The number of rotatable bonds is 11. The van der Waals surface area contributed by atoms with Gasteiger partial charge in [-0.3, -0.25) is 9.79 Å². The molecule has 1 atom stereocenters. The van der Waals surface area contributed by atoms with E-state index in [1.807, 2.05) is 42.4 Å². The molecule has 2 N–H and O–H groups in total. The van der Waals surface area contributed by atoms with Crippen LogP contribution in [-0.4, -0.2) is 59.0 Å². The molecule has 0 radical (unpaired) electrons. The highest BCUT2D eigenvalue weighted by molar-refractivity contribution is 14.0. The van der Waals surface area contributed by atoms with Crippen molar-refractivity contribution in [2.45, 2.75) is 46.1 Å². The molecule has 3 rings (SSSR count). The number of amides is 1. The summed E-state index contributed by atoms with van der Waals surface area (Å²) in [4.78, 5) is 23.4. The highest BCUT2D eigenvalue weighted by Gasteiger charge is 2.28. The number of nitrogens with one attached hydrogen (secondary N) is 2. The van der Waals surface area contributed by atoms with Crippen LogP contribution in [0.1, 0.15) is 37.6 Å². The molecular weight excluding hydrogens is 515 g/mol. The third-order valence-corrected chi connectivity index (χ3v) is 5.70. The third kappa shape index (κ3) is 8.44. The van der Waals surface area contributed by atoms with Crippen molar-refractivity contribution in [2.24, 2.45) is 10.9 Å². The van der Waals surface area contributed by atoms with E-state index in [4.69, 9.17) is 4.99 Å². The monoisotopic (exact) mass is 552 g/mol. The molecule has 1 aliphatic heterocycles. The van der Waals surface area contributed by atoms with E-state index in [0.717, 1.165) is 63.8 Å². The zero-order valence-electron chi connectivity index (χ0n) is 19.3. The second kappa shape index (κ2) is 14.1. The number of nitrogens with zero attached hydrogens (tertiary/aromatic N) is 4. The summed E-state index contributed by atoms with van der Waals surface area (Å²) in [7, 11) is 0. The van der Waals surface area contributed by atoms with Crippen LogP contribution in [0.3, 0.4) is 0 Å². The molecule has 1 amide bonds. The summed E-state index contributed by atoms with van der Waals surface area (Å²) in [5, 5.41) is 6.74. The lowest BCUT2D eigenvalue weighted by atomic mass is 10.1. The van der Waals surface area contributed by atoms with Gasteiger partial charge in [0.1, 0.15) is 5.82 Å². The number of aliphatic imine (C=N–C) groups is 1. The number of aryl methyl sites for hydroxylation is 2. The second-order valence-corrected chi connectivity index (χ2v) is 8.17. The summed E-state index contributed by atoms with van der Waals surface area (Å²) in [6.45, 7) is 9.07. The second-order valence-electron chi connectivity index (χ2n) is 8.17. The molecule has 0 aliphatic carbocycles. The molecule has 0 bridgehead atoms. The average molecular weight is 553 g/mol. The van der Waals surface area contributed by atoms with Gasteiger partial charge in [-0.2, -0.15) is 0 Å². The largest absolute Gasteiger partial charge is 0.357 e. The van der Waals surface area contributed by atoms with Crippen LogP contribution in [0.25, 0.3) is 0 Å². The van der Waals surface area contributed by atoms with Gasteiger partial charge < -0.3 is 20.1 Å². The van der Waals surface area contributed by atoms with Gasteiger partial charge >= 0.3 is 0 Å². The average Bonchev–Trinajstić information content (AvgIpc) is 3.35. The number of likely N-dealkylation sites (tertiary alicyclic amines) is 1. The molecule has 32 heavy (non-hydrogen) atoms. The SMILES string of the molecule is CCNC(=NCC1CC(=O)N(CCc2ccccc2)C1)NCCCCn1ccnc1C.I. The van der Waals surface area contributed by atoms with E-state index < -0.39 is 0 Å².